The molecule has 0 amide bonds. The van der Waals surface area contributed by atoms with Gasteiger partial charge in [0.25, 0.3) is 0 Å². The van der Waals surface area contributed by atoms with E-state index in [2.05, 4.69) is 12.2 Å². The fourth-order valence-corrected chi connectivity index (χ4v) is 2.19. The Kier molecular flexibility index (Phi) is 5.64. The summed E-state index contributed by atoms with van der Waals surface area (Å²) in [6.45, 7) is 4.41. The first kappa shape index (κ1) is 15.1. The number of aliphatic hydroxyl groups excluding tert-OH is 1. The first-order valence-electron chi connectivity index (χ1n) is 7.00. The van der Waals surface area contributed by atoms with Crippen LogP contribution in [0.4, 0.5) is 0 Å². The molecule has 1 aromatic rings. The monoisotopic (exact) mass is 281 g/mol. The van der Waals surface area contributed by atoms with E-state index in [-0.39, 0.29) is 6.04 Å². The van der Waals surface area contributed by atoms with Gasteiger partial charge in [-0.3, -0.25) is 0 Å². The fraction of sp³-hybridized carbons (Fsp3) is 0.600. The Morgan fingerprint density at radius 3 is 2.80 bits per heavy atom. The average molecular weight is 281 g/mol. The van der Waals surface area contributed by atoms with Gasteiger partial charge in [0, 0.05) is 13.2 Å². The highest BCUT2D eigenvalue weighted by Gasteiger charge is 2.14. The van der Waals surface area contributed by atoms with E-state index >= 15 is 0 Å². The number of methoxy groups -OCH3 is 1. The minimum Gasteiger partial charge on any atom is -0.486 e. The maximum atomic E-state index is 9.59. The number of hydrogen-bond acceptors (Lipinski definition) is 5. The van der Waals surface area contributed by atoms with Crippen LogP contribution in [-0.2, 0) is 4.74 Å². The summed E-state index contributed by atoms with van der Waals surface area (Å²) in [5, 5.41) is 13.0. The van der Waals surface area contributed by atoms with Crippen molar-refractivity contribution in [3.05, 3.63) is 23.8 Å². The molecule has 0 aromatic heterocycles. The lowest BCUT2D eigenvalue weighted by molar-refractivity contribution is 0.0590. The molecule has 0 spiro atoms. The van der Waals surface area contributed by atoms with E-state index in [1.165, 1.54) is 0 Å². The molecule has 0 radical (unpaired) electrons. The minimum absolute atomic E-state index is 0.195. The Labute approximate surface area is 119 Å². The van der Waals surface area contributed by atoms with E-state index in [0.29, 0.717) is 26.2 Å². The van der Waals surface area contributed by atoms with Gasteiger partial charge in [0.05, 0.1) is 12.7 Å². The summed E-state index contributed by atoms with van der Waals surface area (Å²) in [4.78, 5) is 0. The predicted octanol–water partition coefficient (Wildman–Crippen LogP) is 1.51. The van der Waals surface area contributed by atoms with Crippen molar-refractivity contribution in [3.63, 3.8) is 0 Å². The molecule has 2 atom stereocenters. The Bertz CT molecular complexity index is 424. The topological polar surface area (TPSA) is 60.0 Å². The number of hydrogen-bond donors (Lipinski definition) is 2. The van der Waals surface area contributed by atoms with E-state index in [1.807, 2.05) is 18.2 Å². The Morgan fingerprint density at radius 1 is 1.30 bits per heavy atom. The molecule has 1 aliphatic heterocycles. The quantitative estimate of drug-likeness (QED) is 0.793. The zero-order valence-corrected chi connectivity index (χ0v) is 12.1. The van der Waals surface area contributed by atoms with Crippen LogP contribution < -0.4 is 14.8 Å². The molecule has 112 valence electrons. The first-order chi connectivity index (χ1) is 9.70. The third-order valence-electron chi connectivity index (χ3n) is 3.35. The Balaban J connectivity index is 1.84. The summed E-state index contributed by atoms with van der Waals surface area (Å²) in [5.41, 5.74) is 1.15. The minimum atomic E-state index is -0.417. The second kappa shape index (κ2) is 7.47. The van der Waals surface area contributed by atoms with Crippen molar-refractivity contribution >= 4 is 0 Å². The first-order valence-corrected chi connectivity index (χ1v) is 7.00. The van der Waals surface area contributed by atoms with Crippen LogP contribution in [0.15, 0.2) is 18.2 Å². The van der Waals surface area contributed by atoms with Crippen LogP contribution in [0.3, 0.4) is 0 Å². The molecule has 0 saturated carbocycles. The number of rotatable bonds is 7. The summed E-state index contributed by atoms with van der Waals surface area (Å²) in [6.07, 6.45) is 0.253. The number of ether oxygens (including phenoxy) is 3. The largest absolute Gasteiger partial charge is 0.486 e. The molecule has 20 heavy (non-hydrogen) atoms. The van der Waals surface area contributed by atoms with Crippen LogP contribution >= 0.6 is 0 Å². The molecule has 0 fully saturated rings. The van der Waals surface area contributed by atoms with Crippen molar-refractivity contribution in [2.75, 3.05) is 33.5 Å². The standard InChI is InChI=1S/C15H23NO4/c1-11(16-6-5-13(17)10-18-2)12-3-4-14-15(9-12)20-8-7-19-14/h3-4,9,11,13,16-17H,5-8,10H2,1-2H3. The van der Waals surface area contributed by atoms with E-state index in [4.69, 9.17) is 14.2 Å². The van der Waals surface area contributed by atoms with Gasteiger partial charge in [0.2, 0.25) is 0 Å². The molecule has 2 rings (SSSR count). The van der Waals surface area contributed by atoms with Crippen molar-refractivity contribution in [2.24, 2.45) is 0 Å². The summed E-state index contributed by atoms with van der Waals surface area (Å²) >= 11 is 0. The smallest absolute Gasteiger partial charge is 0.161 e. The van der Waals surface area contributed by atoms with Gasteiger partial charge in [-0.25, -0.2) is 0 Å². The average Bonchev–Trinajstić information content (AvgIpc) is 2.47. The number of aliphatic hydroxyl groups is 1. The molecular weight excluding hydrogens is 258 g/mol. The van der Waals surface area contributed by atoms with Gasteiger partial charge in [-0.1, -0.05) is 6.07 Å². The molecule has 1 heterocycles. The maximum Gasteiger partial charge on any atom is 0.161 e. The van der Waals surface area contributed by atoms with E-state index in [9.17, 15) is 5.11 Å². The van der Waals surface area contributed by atoms with Gasteiger partial charge in [0.1, 0.15) is 13.2 Å². The second-order valence-electron chi connectivity index (χ2n) is 4.98. The predicted molar refractivity (Wildman–Crippen MR) is 76.3 cm³/mol. The summed E-state index contributed by atoms with van der Waals surface area (Å²) < 4.78 is 16.0. The van der Waals surface area contributed by atoms with Gasteiger partial charge in [-0.05, 0) is 37.6 Å². The molecule has 1 aliphatic rings. The van der Waals surface area contributed by atoms with Crippen molar-refractivity contribution in [1.29, 1.82) is 0 Å². The molecule has 5 nitrogen and oxygen atoms in total. The molecule has 5 heteroatoms. The van der Waals surface area contributed by atoms with Crippen LogP contribution in [0.2, 0.25) is 0 Å². The third kappa shape index (κ3) is 4.10. The molecule has 2 unspecified atom stereocenters. The maximum absolute atomic E-state index is 9.59. The van der Waals surface area contributed by atoms with Gasteiger partial charge >= 0.3 is 0 Å². The second-order valence-corrected chi connectivity index (χ2v) is 4.98. The molecular formula is C15H23NO4. The number of fused-ring (bicyclic) bond motifs is 1. The molecule has 0 saturated heterocycles. The van der Waals surface area contributed by atoms with Gasteiger partial charge in [0.15, 0.2) is 11.5 Å². The van der Waals surface area contributed by atoms with Crippen LogP contribution in [0.25, 0.3) is 0 Å². The zero-order valence-electron chi connectivity index (χ0n) is 12.1. The van der Waals surface area contributed by atoms with Crippen LogP contribution in [0, 0.1) is 0 Å². The lowest BCUT2D eigenvalue weighted by Gasteiger charge is -2.21. The molecule has 0 bridgehead atoms. The Hall–Kier alpha value is -1.30. The summed E-state index contributed by atoms with van der Waals surface area (Å²) in [6, 6.07) is 6.19. The lowest BCUT2D eigenvalue weighted by atomic mass is 10.1. The van der Waals surface area contributed by atoms with E-state index in [0.717, 1.165) is 23.6 Å². The SMILES string of the molecule is COCC(O)CCNC(C)c1ccc2c(c1)OCCO2. The normalized spacial score (nSPS) is 16.8. The molecule has 2 N–H and O–H groups in total. The van der Waals surface area contributed by atoms with Gasteiger partial charge < -0.3 is 24.6 Å². The van der Waals surface area contributed by atoms with Crippen LogP contribution in [0.1, 0.15) is 24.9 Å². The van der Waals surface area contributed by atoms with Crippen molar-refractivity contribution in [2.45, 2.75) is 25.5 Å². The van der Waals surface area contributed by atoms with Crippen LogP contribution in [-0.4, -0.2) is 44.7 Å². The van der Waals surface area contributed by atoms with E-state index < -0.39 is 6.10 Å². The van der Waals surface area contributed by atoms with Gasteiger partial charge in [-0.2, -0.15) is 0 Å². The van der Waals surface area contributed by atoms with Crippen LogP contribution in [0.5, 0.6) is 11.5 Å². The summed E-state index contributed by atoms with van der Waals surface area (Å²) in [5.74, 6) is 1.62. The highest BCUT2D eigenvalue weighted by Crippen LogP contribution is 2.32. The number of nitrogens with one attached hydrogen (secondary N) is 1. The lowest BCUT2D eigenvalue weighted by Crippen LogP contribution is -2.25. The van der Waals surface area contributed by atoms with Crippen molar-refractivity contribution < 1.29 is 19.3 Å². The third-order valence-corrected chi connectivity index (χ3v) is 3.35. The van der Waals surface area contributed by atoms with E-state index in [1.54, 1.807) is 7.11 Å². The van der Waals surface area contributed by atoms with Gasteiger partial charge in [-0.15, -0.1) is 0 Å². The van der Waals surface area contributed by atoms with Crippen molar-refractivity contribution in [3.8, 4) is 11.5 Å². The highest BCUT2D eigenvalue weighted by atomic mass is 16.6. The highest BCUT2D eigenvalue weighted by molar-refractivity contribution is 5.44. The fourth-order valence-electron chi connectivity index (χ4n) is 2.19. The molecule has 0 aliphatic carbocycles. The molecule has 1 aromatic carbocycles. The number of benzene rings is 1. The summed E-state index contributed by atoms with van der Waals surface area (Å²) in [7, 11) is 1.59. The Morgan fingerprint density at radius 2 is 2.05 bits per heavy atom. The van der Waals surface area contributed by atoms with Crippen molar-refractivity contribution in [1.82, 2.24) is 5.32 Å². The zero-order chi connectivity index (χ0) is 14.4.